The minimum Gasteiger partial charge on any atom is -0.380 e. The van der Waals surface area contributed by atoms with Gasteiger partial charge in [-0.25, -0.2) is 15.0 Å². The van der Waals surface area contributed by atoms with Crippen LogP contribution in [0.4, 0.5) is 5.82 Å². The van der Waals surface area contributed by atoms with Crippen molar-refractivity contribution in [3.05, 3.63) is 77.1 Å². The lowest BCUT2D eigenvalue weighted by Gasteiger charge is -2.30. The number of carbonyl (C=O) groups is 3. The van der Waals surface area contributed by atoms with Crippen LogP contribution in [0.25, 0.3) is 22.0 Å². The largest absolute Gasteiger partial charge is 0.380 e. The van der Waals surface area contributed by atoms with Gasteiger partial charge in [0.25, 0.3) is 0 Å². The number of benzene rings is 1. The van der Waals surface area contributed by atoms with E-state index in [4.69, 9.17) is 4.74 Å². The summed E-state index contributed by atoms with van der Waals surface area (Å²) in [6, 6.07) is 7.99. The molecule has 240 valence electrons. The number of carbonyl (C=O) groups excluding carboxylic acids is 3. The number of nitrogens with one attached hydrogen (secondary N) is 1. The number of amides is 2. The average Bonchev–Trinajstić information content (AvgIpc) is 3.56. The first-order chi connectivity index (χ1) is 22.0. The fraction of sp³-hybridized carbons (Fsp3) is 0.364. The molecule has 1 saturated heterocycles. The molecule has 3 atom stereocenters. The molecular formula is C33H37BrN8O4. The molecule has 1 aliphatic heterocycles. The molecule has 0 bridgehead atoms. The van der Waals surface area contributed by atoms with E-state index in [0.29, 0.717) is 45.7 Å². The second kappa shape index (κ2) is 14.0. The highest BCUT2D eigenvalue weighted by molar-refractivity contribution is 9.10. The number of ether oxygens (including phenoxy) is 1. The molecule has 12 nitrogen and oxygen atoms in total. The van der Waals surface area contributed by atoms with Crippen molar-refractivity contribution in [3.63, 3.8) is 0 Å². The molecule has 5 rings (SSSR count). The Hall–Kier alpha value is -4.33. The molecule has 46 heavy (non-hydrogen) atoms. The van der Waals surface area contributed by atoms with E-state index in [1.807, 2.05) is 50.2 Å². The second-order valence-corrected chi connectivity index (χ2v) is 12.5. The fourth-order valence-electron chi connectivity index (χ4n) is 6.04. The monoisotopic (exact) mass is 688 g/mol. The van der Waals surface area contributed by atoms with Crippen molar-refractivity contribution < 1.29 is 19.1 Å². The summed E-state index contributed by atoms with van der Waals surface area (Å²) in [5.74, 6) is 0.0744. The van der Waals surface area contributed by atoms with Crippen molar-refractivity contribution in [2.75, 3.05) is 33.1 Å². The number of methoxy groups -OCH3 is 1. The van der Waals surface area contributed by atoms with Crippen LogP contribution in [-0.2, 0) is 27.5 Å². The molecule has 0 aliphatic carbocycles. The molecule has 0 spiro atoms. The Balaban J connectivity index is 1.49. The Morgan fingerprint density at radius 3 is 2.54 bits per heavy atom. The van der Waals surface area contributed by atoms with Gasteiger partial charge in [0.1, 0.15) is 34.5 Å². The van der Waals surface area contributed by atoms with Crippen LogP contribution >= 0.6 is 15.9 Å². The standard InChI is InChI=1S/C33H37BrN8O4/c1-7-26-23(16-40(4)5)13-28(33(45)38-32-22(18-46-6)9-11-29(34)37-32)42(26)30(44)17-41-27-10-8-21(24-14-35-20(3)36-15-24)12-25(27)31(39-41)19(2)43/h7-12,14-15,23,26,28H,1,13,16-18H2,2-6H3,(H,37,38,45)/t23-,26-,28+/m1/s1. The van der Waals surface area contributed by atoms with Crippen LogP contribution in [0.5, 0.6) is 0 Å². The molecule has 4 aromatic rings. The van der Waals surface area contributed by atoms with Crippen LogP contribution in [-0.4, -0.2) is 92.0 Å². The molecular weight excluding hydrogens is 652 g/mol. The SMILES string of the molecule is C=C[C@@H]1[C@@H](CN(C)C)C[C@@H](C(=O)Nc2nc(Br)ccc2COC)N1C(=O)Cn1nc(C(C)=O)c2cc(-c3cnc(C)nc3)ccc21. The number of halogens is 1. The molecule has 1 aliphatic rings. The number of pyridine rings is 1. The van der Waals surface area contributed by atoms with Gasteiger partial charge in [0, 0.05) is 49.5 Å². The predicted molar refractivity (Wildman–Crippen MR) is 178 cm³/mol. The Morgan fingerprint density at radius 2 is 1.89 bits per heavy atom. The summed E-state index contributed by atoms with van der Waals surface area (Å²) in [4.78, 5) is 57.5. The Morgan fingerprint density at radius 1 is 1.15 bits per heavy atom. The molecule has 13 heteroatoms. The van der Waals surface area contributed by atoms with Crippen molar-refractivity contribution in [1.29, 1.82) is 0 Å². The Bertz CT molecular complexity index is 1790. The summed E-state index contributed by atoms with van der Waals surface area (Å²) < 4.78 is 7.39. The number of likely N-dealkylation sites (tertiary alicyclic amines) is 1. The van der Waals surface area contributed by atoms with Gasteiger partial charge in [0.15, 0.2) is 5.78 Å². The summed E-state index contributed by atoms with van der Waals surface area (Å²) in [6.45, 7) is 8.02. The van der Waals surface area contributed by atoms with Crippen molar-refractivity contribution in [3.8, 4) is 11.1 Å². The van der Waals surface area contributed by atoms with Crippen molar-refractivity contribution in [1.82, 2.24) is 34.5 Å². The van der Waals surface area contributed by atoms with Crippen LogP contribution in [0.3, 0.4) is 0 Å². The molecule has 0 radical (unpaired) electrons. The van der Waals surface area contributed by atoms with Crippen molar-refractivity contribution >= 4 is 50.2 Å². The highest BCUT2D eigenvalue weighted by Gasteiger charge is 2.46. The van der Waals surface area contributed by atoms with Gasteiger partial charge in [-0.2, -0.15) is 5.10 Å². The van der Waals surface area contributed by atoms with Gasteiger partial charge < -0.3 is 19.9 Å². The smallest absolute Gasteiger partial charge is 0.248 e. The zero-order valence-corrected chi connectivity index (χ0v) is 28.1. The lowest BCUT2D eigenvalue weighted by Crippen LogP contribution is -2.48. The van der Waals surface area contributed by atoms with Gasteiger partial charge in [-0.3, -0.25) is 19.1 Å². The first-order valence-electron chi connectivity index (χ1n) is 14.8. The Kier molecular flexibility index (Phi) is 10.0. The highest BCUT2D eigenvalue weighted by atomic mass is 79.9. The number of ketones is 1. The summed E-state index contributed by atoms with van der Waals surface area (Å²) in [6.07, 6.45) is 5.61. The molecule has 1 N–H and O–H groups in total. The first-order valence-corrected chi connectivity index (χ1v) is 15.6. The van der Waals surface area contributed by atoms with E-state index in [1.165, 1.54) is 11.6 Å². The normalized spacial score (nSPS) is 17.9. The van der Waals surface area contributed by atoms with Gasteiger partial charge >= 0.3 is 0 Å². The highest BCUT2D eigenvalue weighted by Crippen LogP contribution is 2.34. The van der Waals surface area contributed by atoms with Crippen LogP contribution in [0.15, 0.2) is 60.0 Å². The molecule has 1 fully saturated rings. The maximum absolute atomic E-state index is 14.2. The molecule has 4 heterocycles. The molecule has 1 aromatic carbocycles. The number of nitrogens with zero attached hydrogens (tertiary/aromatic N) is 7. The number of aryl methyl sites for hydroxylation is 1. The number of aromatic nitrogens is 5. The zero-order chi connectivity index (χ0) is 33.1. The molecule has 0 saturated carbocycles. The maximum atomic E-state index is 14.2. The van der Waals surface area contributed by atoms with Crippen LogP contribution in [0, 0.1) is 12.8 Å². The second-order valence-electron chi connectivity index (χ2n) is 11.7. The van der Waals surface area contributed by atoms with Gasteiger partial charge in [-0.15, -0.1) is 6.58 Å². The zero-order valence-electron chi connectivity index (χ0n) is 26.5. The summed E-state index contributed by atoms with van der Waals surface area (Å²) in [5.41, 5.74) is 3.20. The van der Waals surface area contributed by atoms with Crippen molar-refractivity contribution in [2.24, 2.45) is 5.92 Å². The number of rotatable bonds is 11. The third kappa shape index (κ3) is 6.91. The van der Waals surface area contributed by atoms with Crippen LogP contribution in [0.2, 0.25) is 0 Å². The van der Waals surface area contributed by atoms with E-state index >= 15 is 0 Å². The number of anilines is 1. The van der Waals surface area contributed by atoms with E-state index in [0.717, 1.165) is 11.1 Å². The fourth-order valence-corrected chi connectivity index (χ4v) is 6.35. The topological polar surface area (TPSA) is 135 Å². The molecule has 0 unspecified atom stereocenters. The minimum atomic E-state index is -0.793. The lowest BCUT2D eigenvalue weighted by molar-refractivity contribution is -0.138. The minimum absolute atomic E-state index is 0.0393. The average molecular weight is 690 g/mol. The summed E-state index contributed by atoms with van der Waals surface area (Å²) in [7, 11) is 5.48. The maximum Gasteiger partial charge on any atom is 0.248 e. The van der Waals surface area contributed by atoms with E-state index in [2.05, 4.69) is 47.9 Å². The van der Waals surface area contributed by atoms with Crippen molar-refractivity contribution in [2.45, 2.75) is 45.5 Å². The number of hydrogen-bond donors (Lipinski definition) is 1. The quantitative estimate of drug-likeness (QED) is 0.139. The predicted octanol–water partition coefficient (Wildman–Crippen LogP) is 4.28. The van der Waals surface area contributed by atoms with Crippen LogP contribution < -0.4 is 5.32 Å². The Labute approximate surface area is 276 Å². The van der Waals surface area contributed by atoms with Gasteiger partial charge in [0.2, 0.25) is 11.8 Å². The summed E-state index contributed by atoms with van der Waals surface area (Å²) >= 11 is 3.38. The van der Waals surface area contributed by atoms with Gasteiger partial charge in [-0.05, 0) is 73.1 Å². The van der Waals surface area contributed by atoms with E-state index in [-0.39, 0.29) is 42.4 Å². The van der Waals surface area contributed by atoms with Gasteiger partial charge in [0.05, 0.1) is 18.2 Å². The third-order valence-electron chi connectivity index (χ3n) is 8.07. The first kappa shape index (κ1) is 33.0. The number of Topliss-reactive ketones (excluding diaryl/α,β-unsaturated/α-hetero) is 1. The third-order valence-corrected chi connectivity index (χ3v) is 8.51. The number of fused-ring (bicyclic) bond motifs is 1. The van der Waals surface area contributed by atoms with E-state index in [1.54, 1.807) is 36.5 Å². The van der Waals surface area contributed by atoms with Gasteiger partial charge in [-0.1, -0.05) is 18.2 Å². The van der Waals surface area contributed by atoms with E-state index < -0.39 is 12.1 Å². The lowest BCUT2D eigenvalue weighted by atomic mass is 9.98. The number of hydrogen-bond acceptors (Lipinski definition) is 9. The van der Waals surface area contributed by atoms with E-state index in [9.17, 15) is 14.4 Å². The molecule has 3 aromatic heterocycles. The van der Waals surface area contributed by atoms with Crippen LogP contribution in [0.1, 0.15) is 35.2 Å². The molecule has 2 amide bonds. The summed E-state index contributed by atoms with van der Waals surface area (Å²) in [5, 5.41) is 8.13.